The van der Waals surface area contributed by atoms with E-state index in [1.54, 1.807) is 0 Å². The standard InChI is InChI=1S/C13H17NO5.C12H19NO7S/c15-11-8-9-12(16)14(11)19-13(17)18-10-6-4-2-1-3-5-7-10;14-11(15)10(21(17,18)19)8-13-12(16)20-9-6-4-2-1-3-5-7-9/h1-2,10H,3-9H2;1-2,9-10H,3-8H2,(H,13,16)(H,14,15)(H,17,18,19)/b2*2-1+/t10-;9-,10-/m00/s1. The summed E-state index contributed by atoms with van der Waals surface area (Å²) in [5, 5.41) is 9.13. The number of carbonyl (C=O) groups excluding carboxylic acids is 4. The van der Waals surface area contributed by atoms with Crippen molar-refractivity contribution in [1.29, 1.82) is 0 Å². The van der Waals surface area contributed by atoms with Crippen molar-refractivity contribution in [3.63, 3.8) is 0 Å². The van der Waals surface area contributed by atoms with Crippen molar-refractivity contribution in [2.45, 2.75) is 94.5 Å². The number of allylic oxidation sites excluding steroid dienone is 4. The largest absolute Gasteiger partial charge is 0.534 e. The first kappa shape index (κ1) is 32.8. The van der Waals surface area contributed by atoms with Gasteiger partial charge in [-0.25, -0.2) is 9.59 Å². The highest BCUT2D eigenvalue weighted by Gasteiger charge is 2.34. The van der Waals surface area contributed by atoms with Crippen molar-refractivity contribution < 1.29 is 56.4 Å². The summed E-state index contributed by atoms with van der Waals surface area (Å²) in [4.78, 5) is 61.0. The number of amides is 3. The number of hydrogen-bond donors (Lipinski definition) is 3. The molecule has 1 heterocycles. The van der Waals surface area contributed by atoms with E-state index in [-0.39, 0.29) is 25.0 Å². The molecule has 0 aromatic carbocycles. The van der Waals surface area contributed by atoms with E-state index < -0.39 is 51.9 Å². The van der Waals surface area contributed by atoms with Crippen molar-refractivity contribution in [2.75, 3.05) is 6.54 Å². The smallest absolute Gasteiger partial charge is 0.480 e. The molecule has 3 aliphatic rings. The first-order chi connectivity index (χ1) is 19.0. The van der Waals surface area contributed by atoms with Crippen molar-refractivity contribution in [3.05, 3.63) is 24.3 Å². The minimum absolute atomic E-state index is 0.0837. The number of rotatable bonds is 7. The normalized spacial score (nSPS) is 24.0. The highest BCUT2D eigenvalue weighted by atomic mass is 32.2. The summed E-state index contributed by atoms with van der Waals surface area (Å²) in [6.07, 6.45) is 14.2. The molecule has 1 saturated heterocycles. The zero-order chi connectivity index (χ0) is 29.5. The Kier molecular flexibility index (Phi) is 13.6. The second-order valence-corrected chi connectivity index (χ2v) is 11.0. The summed E-state index contributed by atoms with van der Waals surface area (Å²) in [7, 11) is -4.78. The summed E-state index contributed by atoms with van der Waals surface area (Å²) in [5.41, 5.74) is 0. The maximum atomic E-state index is 11.5. The Morgan fingerprint density at radius 1 is 0.875 bits per heavy atom. The quantitative estimate of drug-likeness (QED) is 0.170. The molecule has 0 radical (unpaired) electrons. The number of alkyl carbamates (subject to hydrolysis) is 1. The number of carbonyl (C=O) groups is 5. The molecule has 0 spiro atoms. The molecule has 3 rings (SSSR count). The van der Waals surface area contributed by atoms with E-state index in [4.69, 9.17) is 19.1 Å². The molecule has 224 valence electrons. The number of imide groups is 1. The molecule has 1 fully saturated rings. The van der Waals surface area contributed by atoms with Gasteiger partial charge in [0.15, 0.2) is 0 Å². The third-order valence-electron chi connectivity index (χ3n) is 6.21. The summed E-state index contributed by atoms with van der Waals surface area (Å²) in [6, 6.07) is 0. The van der Waals surface area contributed by atoms with Crippen LogP contribution in [-0.4, -0.2) is 77.2 Å². The van der Waals surface area contributed by atoms with Crippen LogP contribution in [0.2, 0.25) is 0 Å². The second kappa shape index (κ2) is 16.6. The van der Waals surface area contributed by atoms with Crippen LogP contribution in [0.3, 0.4) is 0 Å². The number of hydroxylamine groups is 2. The lowest BCUT2D eigenvalue weighted by Gasteiger charge is -2.19. The minimum atomic E-state index is -4.78. The van der Waals surface area contributed by atoms with Gasteiger partial charge in [-0.05, 0) is 64.2 Å². The summed E-state index contributed by atoms with van der Waals surface area (Å²) >= 11 is 0. The van der Waals surface area contributed by atoms with Crippen LogP contribution in [-0.2, 0) is 38.8 Å². The fourth-order valence-corrected chi connectivity index (χ4v) is 4.61. The number of carboxylic acid groups (broad SMARTS) is 1. The predicted molar refractivity (Wildman–Crippen MR) is 138 cm³/mol. The molecular formula is C25H36N2O12S. The van der Waals surface area contributed by atoms with Gasteiger partial charge < -0.3 is 19.9 Å². The lowest BCUT2D eigenvalue weighted by Crippen LogP contribution is -2.42. The van der Waals surface area contributed by atoms with Crippen LogP contribution in [0.15, 0.2) is 24.3 Å². The Balaban J connectivity index is 0.000000281. The van der Waals surface area contributed by atoms with Gasteiger partial charge >= 0.3 is 18.2 Å². The Morgan fingerprint density at radius 3 is 1.88 bits per heavy atom. The van der Waals surface area contributed by atoms with Gasteiger partial charge in [-0.3, -0.25) is 23.8 Å². The lowest BCUT2D eigenvalue weighted by molar-refractivity contribution is -0.178. The van der Waals surface area contributed by atoms with E-state index in [1.165, 1.54) is 0 Å². The van der Waals surface area contributed by atoms with Gasteiger partial charge in [-0.1, -0.05) is 29.4 Å². The molecule has 3 N–H and O–H groups in total. The molecule has 0 aromatic rings. The van der Waals surface area contributed by atoms with E-state index in [1.807, 2.05) is 6.08 Å². The second-order valence-electron chi connectivity index (χ2n) is 9.37. The third-order valence-corrected chi connectivity index (χ3v) is 7.30. The van der Waals surface area contributed by atoms with Crippen molar-refractivity contribution >= 4 is 40.2 Å². The van der Waals surface area contributed by atoms with E-state index in [0.29, 0.717) is 17.9 Å². The van der Waals surface area contributed by atoms with Gasteiger partial charge in [0.05, 0.1) is 6.54 Å². The zero-order valence-corrected chi connectivity index (χ0v) is 22.9. The average molecular weight is 589 g/mol. The third kappa shape index (κ3) is 12.2. The van der Waals surface area contributed by atoms with E-state index in [0.717, 1.165) is 51.4 Å². The predicted octanol–water partition coefficient (Wildman–Crippen LogP) is 3.04. The van der Waals surface area contributed by atoms with Crippen LogP contribution in [0.5, 0.6) is 0 Å². The van der Waals surface area contributed by atoms with Crippen molar-refractivity contribution in [1.82, 2.24) is 10.4 Å². The van der Waals surface area contributed by atoms with Crippen LogP contribution in [0.1, 0.15) is 77.0 Å². The Bertz CT molecular complexity index is 1060. The molecule has 3 atom stereocenters. The number of nitrogens with zero attached hydrogens (tertiary/aromatic N) is 1. The van der Waals surface area contributed by atoms with Gasteiger partial charge in [0.2, 0.25) is 5.25 Å². The van der Waals surface area contributed by atoms with Gasteiger partial charge in [0, 0.05) is 12.8 Å². The Hall–Kier alpha value is -3.46. The number of carboxylic acids is 1. The van der Waals surface area contributed by atoms with Gasteiger partial charge in [-0.15, -0.1) is 0 Å². The van der Waals surface area contributed by atoms with Crippen molar-refractivity contribution in [2.24, 2.45) is 0 Å². The number of nitrogens with one attached hydrogen (secondary N) is 1. The highest BCUT2D eigenvalue weighted by Crippen LogP contribution is 2.18. The maximum Gasteiger partial charge on any atom is 0.534 e. The number of aliphatic carboxylic acids is 1. The molecule has 0 saturated carbocycles. The summed E-state index contributed by atoms with van der Waals surface area (Å²) < 4.78 is 40.7. The van der Waals surface area contributed by atoms with Crippen LogP contribution in [0.25, 0.3) is 0 Å². The number of ether oxygens (including phenoxy) is 2. The van der Waals surface area contributed by atoms with E-state index in [2.05, 4.69) is 28.4 Å². The molecule has 40 heavy (non-hydrogen) atoms. The molecule has 0 unspecified atom stereocenters. The molecule has 2 aliphatic carbocycles. The monoisotopic (exact) mass is 588 g/mol. The lowest BCUT2D eigenvalue weighted by atomic mass is 10.0. The molecule has 15 heteroatoms. The van der Waals surface area contributed by atoms with Crippen LogP contribution in [0, 0.1) is 0 Å². The highest BCUT2D eigenvalue weighted by molar-refractivity contribution is 7.87. The fourth-order valence-electron chi connectivity index (χ4n) is 4.07. The zero-order valence-electron chi connectivity index (χ0n) is 22.1. The molecular weight excluding hydrogens is 552 g/mol. The Labute approximate surface area is 232 Å². The number of hydrogen-bond acceptors (Lipinski definition) is 10. The summed E-state index contributed by atoms with van der Waals surface area (Å²) in [6.45, 7) is -0.750. The average Bonchev–Trinajstić information content (AvgIpc) is 3.14. The fraction of sp³-hybridized carbons (Fsp3) is 0.640. The first-order valence-corrected chi connectivity index (χ1v) is 14.7. The Morgan fingerprint density at radius 2 is 1.38 bits per heavy atom. The minimum Gasteiger partial charge on any atom is -0.480 e. The molecule has 14 nitrogen and oxygen atoms in total. The van der Waals surface area contributed by atoms with Crippen LogP contribution in [0.4, 0.5) is 9.59 Å². The summed E-state index contributed by atoms with van der Waals surface area (Å²) in [5.74, 6) is -2.74. The molecule has 0 bridgehead atoms. The molecule has 0 aromatic heterocycles. The van der Waals surface area contributed by atoms with Crippen LogP contribution < -0.4 is 5.32 Å². The first-order valence-electron chi connectivity index (χ1n) is 13.1. The van der Waals surface area contributed by atoms with Gasteiger partial charge in [-0.2, -0.15) is 8.42 Å². The molecule has 3 amide bonds. The van der Waals surface area contributed by atoms with Crippen LogP contribution >= 0.6 is 0 Å². The van der Waals surface area contributed by atoms with Gasteiger partial charge in [0.1, 0.15) is 12.2 Å². The SMILES string of the molecule is O=C(NC[C@@H](C(=O)O)S(=O)(=O)O)O[C@H]1CC/C=C/CCC1.O=C(O[C@H]1CC/C=C/CCC1)ON1C(=O)CCC1=O. The molecule has 1 aliphatic heterocycles. The topological polar surface area (TPSA) is 203 Å². The van der Waals surface area contributed by atoms with Gasteiger partial charge in [0.25, 0.3) is 21.9 Å². The van der Waals surface area contributed by atoms with E-state index >= 15 is 0 Å². The maximum absolute atomic E-state index is 11.5. The van der Waals surface area contributed by atoms with E-state index in [9.17, 15) is 32.4 Å². The van der Waals surface area contributed by atoms with Crippen molar-refractivity contribution in [3.8, 4) is 0 Å².